The highest BCUT2D eigenvalue weighted by Gasteiger charge is 2.46. The first-order chi connectivity index (χ1) is 17.6. The molecule has 2 amide bonds. The van der Waals surface area contributed by atoms with E-state index in [1.807, 2.05) is 35.2 Å². The summed E-state index contributed by atoms with van der Waals surface area (Å²) in [6.45, 7) is 4.46. The molecule has 1 fully saturated rings. The first-order valence-electron chi connectivity index (χ1n) is 13.3. The van der Waals surface area contributed by atoms with Gasteiger partial charge in [-0.05, 0) is 80.4 Å². The molecule has 1 heterocycles. The van der Waals surface area contributed by atoms with Crippen molar-refractivity contribution in [2.45, 2.75) is 81.7 Å². The summed E-state index contributed by atoms with van der Waals surface area (Å²) >= 11 is 0. The number of nitrogens with zero attached hydrogens (tertiary/aromatic N) is 1. The van der Waals surface area contributed by atoms with Crippen LogP contribution in [0.5, 0.6) is 0 Å². The lowest BCUT2D eigenvalue weighted by atomic mass is 9.73. The van der Waals surface area contributed by atoms with Gasteiger partial charge < -0.3 is 21.1 Å². The first kappa shape index (κ1) is 26.9. The van der Waals surface area contributed by atoms with Crippen molar-refractivity contribution in [3.63, 3.8) is 0 Å². The smallest absolute Gasteiger partial charge is 0.303 e. The third-order valence-electron chi connectivity index (χ3n) is 8.05. The number of aryl methyl sites for hydroxylation is 1. The third-order valence-corrected chi connectivity index (χ3v) is 8.05. The van der Waals surface area contributed by atoms with Crippen LogP contribution in [0.1, 0.15) is 75.0 Å². The molecule has 198 valence electrons. The average molecular weight is 506 g/mol. The van der Waals surface area contributed by atoms with Crippen LogP contribution < -0.4 is 11.1 Å². The largest absolute Gasteiger partial charge is 0.481 e. The predicted molar refractivity (Wildman–Crippen MR) is 143 cm³/mol. The highest BCUT2D eigenvalue weighted by atomic mass is 16.4. The van der Waals surface area contributed by atoms with E-state index in [4.69, 9.17) is 5.73 Å². The zero-order valence-corrected chi connectivity index (χ0v) is 21.9. The van der Waals surface area contributed by atoms with E-state index < -0.39 is 17.6 Å². The summed E-state index contributed by atoms with van der Waals surface area (Å²) in [5.74, 6) is -1.16. The third kappa shape index (κ3) is 6.21. The number of nitrogens with two attached hydrogens (primary N) is 1. The van der Waals surface area contributed by atoms with Crippen LogP contribution in [0.3, 0.4) is 0 Å². The van der Waals surface area contributed by atoms with Crippen molar-refractivity contribution >= 4 is 17.8 Å². The topological polar surface area (TPSA) is 113 Å². The van der Waals surface area contributed by atoms with E-state index in [1.54, 1.807) is 13.8 Å². The fourth-order valence-electron chi connectivity index (χ4n) is 6.03. The highest BCUT2D eigenvalue weighted by Crippen LogP contribution is 2.52. The van der Waals surface area contributed by atoms with Crippen molar-refractivity contribution in [2.75, 3.05) is 13.1 Å². The number of hydrogen-bond acceptors (Lipinski definition) is 4. The Bertz CT molecular complexity index is 1120. The molecule has 4 N–H and O–H groups in total. The van der Waals surface area contributed by atoms with Crippen LogP contribution in [0.25, 0.3) is 0 Å². The standard InChI is InChI=1S/C30H39N3O4/c1-29(2,31)28(37)32-25(14-8-11-21-9-4-3-5-10-21)27(36)33-17-15-30(16-18-33)20-22(19-26(34)35)23-12-6-7-13-24(23)30/h3-7,9-10,12-13,22,25H,8,11,14-20,31H2,1-2H3,(H,32,37)(H,34,35)/t22-,25+/m0/s1. The van der Waals surface area contributed by atoms with Crippen LogP contribution in [-0.2, 0) is 26.2 Å². The number of benzene rings is 2. The Labute approximate surface area is 219 Å². The van der Waals surface area contributed by atoms with Gasteiger partial charge in [-0.2, -0.15) is 0 Å². The molecular weight excluding hydrogens is 466 g/mol. The maximum Gasteiger partial charge on any atom is 0.303 e. The van der Waals surface area contributed by atoms with Gasteiger partial charge >= 0.3 is 5.97 Å². The minimum Gasteiger partial charge on any atom is -0.481 e. The van der Waals surface area contributed by atoms with Crippen molar-refractivity contribution in [1.29, 1.82) is 0 Å². The molecule has 7 nitrogen and oxygen atoms in total. The number of piperidine rings is 1. The molecule has 1 spiro atoms. The number of carbonyl (C=O) groups excluding carboxylic acids is 2. The fraction of sp³-hybridized carbons (Fsp3) is 0.500. The maximum absolute atomic E-state index is 13.7. The monoisotopic (exact) mass is 505 g/mol. The molecule has 0 saturated carbocycles. The van der Waals surface area contributed by atoms with Gasteiger partial charge in [0.15, 0.2) is 0 Å². The van der Waals surface area contributed by atoms with Gasteiger partial charge in [-0.15, -0.1) is 0 Å². The predicted octanol–water partition coefficient (Wildman–Crippen LogP) is 3.75. The number of nitrogens with one attached hydrogen (secondary N) is 1. The SMILES string of the molecule is CC(C)(N)C(=O)N[C@H](CCCc1ccccc1)C(=O)N1CCC2(CC1)C[C@H](CC(=O)O)c1ccccc12. The molecule has 0 bridgehead atoms. The van der Waals surface area contributed by atoms with Gasteiger partial charge in [0, 0.05) is 13.1 Å². The van der Waals surface area contributed by atoms with Gasteiger partial charge in [-0.3, -0.25) is 14.4 Å². The summed E-state index contributed by atoms with van der Waals surface area (Å²) in [4.78, 5) is 39.7. The van der Waals surface area contributed by atoms with Crippen LogP contribution in [0.15, 0.2) is 54.6 Å². The molecule has 4 rings (SSSR count). The fourth-order valence-corrected chi connectivity index (χ4v) is 6.03. The summed E-state index contributed by atoms with van der Waals surface area (Å²) in [6, 6.07) is 17.7. The molecule has 2 atom stereocenters. The second-order valence-electron chi connectivity index (χ2n) is 11.3. The molecule has 0 unspecified atom stereocenters. The number of carboxylic acids is 1. The summed E-state index contributed by atoms with van der Waals surface area (Å²) in [5.41, 5.74) is 8.43. The van der Waals surface area contributed by atoms with Crippen molar-refractivity contribution < 1.29 is 19.5 Å². The van der Waals surface area contributed by atoms with E-state index in [-0.39, 0.29) is 29.6 Å². The molecule has 1 aliphatic carbocycles. The van der Waals surface area contributed by atoms with Crippen molar-refractivity contribution in [2.24, 2.45) is 5.73 Å². The second kappa shape index (κ2) is 11.1. The Balaban J connectivity index is 1.44. The number of likely N-dealkylation sites (tertiary alicyclic amines) is 1. The number of fused-ring (bicyclic) bond motifs is 2. The zero-order chi connectivity index (χ0) is 26.6. The Morgan fingerprint density at radius 1 is 1.08 bits per heavy atom. The van der Waals surface area contributed by atoms with E-state index in [0.717, 1.165) is 37.7 Å². The molecule has 0 radical (unpaired) electrons. The van der Waals surface area contributed by atoms with Gasteiger partial charge in [0.05, 0.1) is 12.0 Å². The van der Waals surface area contributed by atoms with E-state index >= 15 is 0 Å². The molecule has 1 saturated heterocycles. The summed E-state index contributed by atoms with van der Waals surface area (Å²) in [6.07, 6.45) is 4.66. The molecule has 37 heavy (non-hydrogen) atoms. The number of carboxylic acid groups (broad SMARTS) is 1. The minimum absolute atomic E-state index is 0.00719. The van der Waals surface area contributed by atoms with Gasteiger partial charge in [0.1, 0.15) is 6.04 Å². The number of aliphatic carboxylic acids is 1. The van der Waals surface area contributed by atoms with Gasteiger partial charge in [-0.1, -0.05) is 54.6 Å². The minimum atomic E-state index is -1.07. The van der Waals surface area contributed by atoms with Crippen LogP contribution in [0, 0.1) is 0 Å². The molecular formula is C30H39N3O4. The number of rotatable bonds is 9. The average Bonchev–Trinajstić information content (AvgIpc) is 3.15. The molecule has 2 aromatic carbocycles. The van der Waals surface area contributed by atoms with Gasteiger partial charge in [0.2, 0.25) is 11.8 Å². The van der Waals surface area contributed by atoms with Crippen LogP contribution in [0.2, 0.25) is 0 Å². The van der Waals surface area contributed by atoms with Gasteiger partial charge in [0.25, 0.3) is 0 Å². The molecule has 2 aromatic rings. The van der Waals surface area contributed by atoms with E-state index in [1.165, 1.54) is 11.1 Å². The lowest BCUT2D eigenvalue weighted by molar-refractivity contribution is -0.139. The number of hydrogen-bond donors (Lipinski definition) is 3. The van der Waals surface area contributed by atoms with Crippen LogP contribution in [-0.4, -0.2) is 52.5 Å². The lowest BCUT2D eigenvalue weighted by Crippen LogP contribution is -2.57. The Kier molecular flexibility index (Phi) is 8.02. The van der Waals surface area contributed by atoms with Crippen molar-refractivity contribution in [1.82, 2.24) is 10.2 Å². The van der Waals surface area contributed by atoms with Crippen molar-refractivity contribution in [3.05, 3.63) is 71.3 Å². The van der Waals surface area contributed by atoms with E-state index in [2.05, 4.69) is 29.6 Å². The molecule has 1 aliphatic heterocycles. The summed E-state index contributed by atoms with van der Waals surface area (Å²) in [5, 5.41) is 12.4. The number of carbonyl (C=O) groups is 3. The van der Waals surface area contributed by atoms with E-state index in [0.29, 0.717) is 19.5 Å². The Morgan fingerprint density at radius 2 is 1.73 bits per heavy atom. The number of amides is 2. The Morgan fingerprint density at radius 3 is 2.38 bits per heavy atom. The quantitative estimate of drug-likeness (QED) is 0.480. The van der Waals surface area contributed by atoms with Crippen molar-refractivity contribution in [3.8, 4) is 0 Å². The lowest BCUT2D eigenvalue weighted by Gasteiger charge is -2.41. The normalized spacial score (nSPS) is 19.3. The second-order valence-corrected chi connectivity index (χ2v) is 11.3. The molecule has 0 aromatic heterocycles. The zero-order valence-electron chi connectivity index (χ0n) is 21.9. The van der Waals surface area contributed by atoms with Crippen LogP contribution >= 0.6 is 0 Å². The molecule has 7 heteroatoms. The van der Waals surface area contributed by atoms with Gasteiger partial charge in [-0.25, -0.2) is 0 Å². The first-order valence-corrected chi connectivity index (χ1v) is 13.3. The highest BCUT2D eigenvalue weighted by molar-refractivity contribution is 5.91. The summed E-state index contributed by atoms with van der Waals surface area (Å²) in [7, 11) is 0. The maximum atomic E-state index is 13.7. The molecule has 2 aliphatic rings. The van der Waals surface area contributed by atoms with E-state index in [9.17, 15) is 19.5 Å². The van der Waals surface area contributed by atoms with Crippen LogP contribution in [0.4, 0.5) is 0 Å². The summed E-state index contributed by atoms with van der Waals surface area (Å²) < 4.78 is 0. The Hall–Kier alpha value is -3.19.